The van der Waals surface area contributed by atoms with Crippen LogP contribution in [0.15, 0.2) is 85.1 Å². The van der Waals surface area contributed by atoms with Gasteiger partial charge in [-0.15, -0.1) is 0 Å². The second kappa shape index (κ2) is 5.92. The molecule has 5 aromatic rings. The summed E-state index contributed by atoms with van der Waals surface area (Å²) in [6.07, 6.45) is 3.34. The molecule has 146 valence electrons. The van der Waals surface area contributed by atoms with Crippen molar-refractivity contribution < 1.29 is 4.57 Å². The van der Waals surface area contributed by atoms with Crippen molar-refractivity contribution in [1.82, 2.24) is 0 Å². The molecular weight excluding hydrogens is 374 g/mol. The highest BCUT2D eigenvalue weighted by molar-refractivity contribution is 6.15. The maximum atomic E-state index is 2.43. The Morgan fingerprint density at radius 3 is 2.26 bits per heavy atom. The number of benzene rings is 4. The third kappa shape index (κ3) is 2.18. The summed E-state index contributed by atoms with van der Waals surface area (Å²) in [4.78, 5) is 0. The molecule has 0 atom stereocenters. The smallest absolute Gasteiger partial charge is 0.200 e. The maximum absolute atomic E-state index is 2.43. The molecule has 0 radical (unpaired) electrons. The first-order valence-corrected chi connectivity index (χ1v) is 11.0. The van der Waals surface area contributed by atoms with Crippen LogP contribution < -0.4 is 4.57 Å². The SMILES string of the molecule is Cc1ccc2c(c1-c1cc3c(c[n+]1C)-c1cccc4cccc-3c14)Cc1ccccc1-2. The number of nitrogens with zero attached hydrogens (tertiary/aromatic N) is 1. The van der Waals surface area contributed by atoms with Crippen molar-refractivity contribution in [3.8, 4) is 44.6 Å². The number of hydrogen-bond acceptors (Lipinski definition) is 0. The van der Waals surface area contributed by atoms with Gasteiger partial charge in [-0.25, -0.2) is 4.57 Å². The standard InChI is InChI=1S/C30H22N/c1-18-13-14-22-21-10-4-3-7-20(21)15-26(22)29(18)28-16-25-23-11-5-8-19-9-6-12-24(30(19)23)27(25)17-31(28)2/h3-14,16-17H,15H2,1-2H3/q+1. The van der Waals surface area contributed by atoms with Crippen LogP contribution in [-0.2, 0) is 13.5 Å². The fourth-order valence-electron chi connectivity index (χ4n) is 5.81. The molecule has 4 aromatic carbocycles. The Morgan fingerprint density at radius 2 is 1.42 bits per heavy atom. The minimum absolute atomic E-state index is 1.01. The molecule has 1 aromatic heterocycles. The van der Waals surface area contributed by atoms with Crippen molar-refractivity contribution in [3.63, 3.8) is 0 Å². The Kier molecular flexibility index (Phi) is 3.25. The lowest BCUT2D eigenvalue weighted by Crippen LogP contribution is -2.31. The fourth-order valence-corrected chi connectivity index (χ4v) is 5.81. The Labute approximate surface area is 182 Å². The predicted molar refractivity (Wildman–Crippen MR) is 128 cm³/mol. The lowest BCUT2D eigenvalue weighted by atomic mass is 9.92. The highest BCUT2D eigenvalue weighted by Crippen LogP contribution is 2.48. The summed E-state index contributed by atoms with van der Waals surface area (Å²) in [7, 11) is 2.19. The lowest BCUT2D eigenvalue weighted by molar-refractivity contribution is -0.659. The van der Waals surface area contributed by atoms with Gasteiger partial charge in [-0.2, -0.15) is 0 Å². The van der Waals surface area contributed by atoms with Gasteiger partial charge in [0, 0.05) is 11.6 Å². The zero-order valence-electron chi connectivity index (χ0n) is 17.7. The van der Waals surface area contributed by atoms with Crippen LogP contribution in [0.1, 0.15) is 16.7 Å². The molecule has 0 aliphatic heterocycles. The van der Waals surface area contributed by atoms with E-state index in [1.807, 2.05) is 0 Å². The van der Waals surface area contributed by atoms with Crippen LogP contribution in [-0.4, -0.2) is 0 Å². The van der Waals surface area contributed by atoms with E-state index in [1.54, 1.807) is 0 Å². The molecule has 0 spiro atoms. The molecule has 7 rings (SSSR count). The largest absolute Gasteiger partial charge is 0.213 e. The topological polar surface area (TPSA) is 3.88 Å². The van der Waals surface area contributed by atoms with Crippen LogP contribution in [0.2, 0.25) is 0 Å². The van der Waals surface area contributed by atoms with Crippen molar-refractivity contribution >= 4 is 10.8 Å². The number of aromatic nitrogens is 1. The minimum Gasteiger partial charge on any atom is -0.200 e. The third-order valence-corrected chi connectivity index (χ3v) is 7.21. The van der Waals surface area contributed by atoms with Gasteiger partial charge in [-0.1, -0.05) is 72.8 Å². The number of hydrogen-bond donors (Lipinski definition) is 0. The van der Waals surface area contributed by atoms with Crippen LogP contribution in [0.4, 0.5) is 0 Å². The Morgan fingerprint density at radius 1 is 0.677 bits per heavy atom. The summed E-state index contributed by atoms with van der Waals surface area (Å²) in [5, 5.41) is 2.71. The molecule has 0 N–H and O–H groups in total. The summed E-state index contributed by atoms with van der Waals surface area (Å²) >= 11 is 0. The van der Waals surface area contributed by atoms with Crippen molar-refractivity contribution in [2.75, 3.05) is 0 Å². The van der Waals surface area contributed by atoms with Gasteiger partial charge in [-0.3, -0.25) is 0 Å². The summed E-state index contributed by atoms with van der Waals surface area (Å²) < 4.78 is 2.33. The summed E-state index contributed by atoms with van der Waals surface area (Å²) in [6, 6.07) is 29.2. The van der Waals surface area contributed by atoms with Crippen molar-refractivity contribution in [2.24, 2.45) is 7.05 Å². The third-order valence-electron chi connectivity index (χ3n) is 7.21. The summed E-state index contributed by atoms with van der Waals surface area (Å²) in [6.45, 7) is 2.25. The van der Waals surface area contributed by atoms with E-state index in [9.17, 15) is 0 Å². The summed E-state index contributed by atoms with van der Waals surface area (Å²) in [5.41, 5.74) is 15.1. The Hall–Kier alpha value is -3.71. The quantitative estimate of drug-likeness (QED) is 0.267. The van der Waals surface area contributed by atoms with Gasteiger partial charge in [0.05, 0.1) is 11.1 Å². The van der Waals surface area contributed by atoms with E-state index in [2.05, 4.69) is 104 Å². The molecule has 1 heterocycles. The molecule has 1 nitrogen and oxygen atoms in total. The molecular formula is C30H22N+. The van der Waals surface area contributed by atoms with Crippen molar-refractivity contribution in [2.45, 2.75) is 13.3 Å². The fraction of sp³-hybridized carbons (Fsp3) is 0.100. The molecule has 0 unspecified atom stereocenters. The van der Waals surface area contributed by atoms with E-state index in [0.29, 0.717) is 0 Å². The van der Waals surface area contributed by atoms with Gasteiger partial charge in [0.1, 0.15) is 7.05 Å². The van der Waals surface area contributed by atoms with E-state index in [-0.39, 0.29) is 0 Å². The summed E-state index contributed by atoms with van der Waals surface area (Å²) in [5.74, 6) is 0. The van der Waals surface area contributed by atoms with Gasteiger partial charge < -0.3 is 0 Å². The number of rotatable bonds is 1. The first-order valence-electron chi connectivity index (χ1n) is 11.0. The van der Waals surface area contributed by atoms with Crippen LogP contribution in [0.3, 0.4) is 0 Å². The van der Waals surface area contributed by atoms with Crippen LogP contribution in [0.25, 0.3) is 55.4 Å². The highest BCUT2D eigenvalue weighted by Gasteiger charge is 2.30. The monoisotopic (exact) mass is 396 g/mol. The average molecular weight is 397 g/mol. The molecule has 0 bridgehead atoms. The molecule has 1 heteroatoms. The lowest BCUT2D eigenvalue weighted by Gasteiger charge is -2.12. The van der Waals surface area contributed by atoms with Crippen molar-refractivity contribution in [1.29, 1.82) is 0 Å². The van der Waals surface area contributed by atoms with Gasteiger partial charge in [0.15, 0.2) is 6.20 Å². The number of pyridine rings is 1. The molecule has 0 saturated heterocycles. The first kappa shape index (κ1) is 17.0. The molecule has 0 amide bonds. The molecule has 2 aliphatic carbocycles. The van der Waals surface area contributed by atoms with Gasteiger partial charge in [-0.05, 0) is 63.1 Å². The van der Waals surface area contributed by atoms with Crippen LogP contribution >= 0.6 is 0 Å². The zero-order chi connectivity index (χ0) is 20.7. The van der Waals surface area contributed by atoms with E-state index in [1.165, 1.54) is 72.1 Å². The van der Waals surface area contributed by atoms with Crippen molar-refractivity contribution in [3.05, 3.63) is 102 Å². The number of fused-ring (bicyclic) bond motifs is 6. The van der Waals surface area contributed by atoms with E-state index in [0.717, 1.165) is 6.42 Å². The Balaban J connectivity index is 1.51. The number of aryl methyl sites for hydroxylation is 2. The first-order chi connectivity index (χ1) is 15.2. The zero-order valence-corrected chi connectivity index (χ0v) is 17.7. The van der Waals surface area contributed by atoms with Crippen LogP contribution in [0, 0.1) is 6.92 Å². The average Bonchev–Trinajstić information content (AvgIpc) is 3.31. The van der Waals surface area contributed by atoms with Crippen LogP contribution in [0.5, 0.6) is 0 Å². The molecule has 31 heavy (non-hydrogen) atoms. The van der Waals surface area contributed by atoms with Gasteiger partial charge in [0.25, 0.3) is 0 Å². The molecule has 2 aliphatic rings. The predicted octanol–water partition coefficient (Wildman–Crippen LogP) is 6.86. The van der Waals surface area contributed by atoms with E-state index >= 15 is 0 Å². The molecule has 0 fully saturated rings. The highest BCUT2D eigenvalue weighted by atomic mass is 14.9. The minimum atomic E-state index is 1.01. The van der Waals surface area contributed by atoms with E-state index < -0.39 is 0 Å². The Bertz CT molecular complexity index is 1570. The maximum Gasteiger partial charge on any atom is 0.213 e. The molecule has 0 saturated carbocycles. The van der Waals surface area contributed by atoms with Gasteiger partial charge >= 0.3 is 0 Å². The second-order valence-electron chi connectivity index (χ2n) is 8.92. The normalized spacial score (nSPS) is 12.7. The van der Waals surface area contributed by atoms with Gasteiger partial charge in [0.2, 0.25) is 5.69 Å². The second-order valence-corrected chi connectivity index (χ2v) is 8.92. The van der Waals surface area contributed by atoms with E-state index in [4.69, 9.17) is 0 Å².